The molecule has 0 radical (unpaired) electrons. The Labute approximate surface area is 343 Å². The van der Waals surface area contributed by atoms with Gasteiger partial charge in [-0.1, -0.05) is 0 Å². The van der Waals surface area contributed by atoms with Gasteiger partial charge < -0.3 is 31.9 Å². The second-order valence-electron chi connectivity index (χ2n) is 12.4. The SMILES string of the molecule is [C-]#[N+]c1cnn(-c2ccc(C(=O)O)c(C(=O)O)c2)c1/N=N/c1c(C)nn(-c2nc(O)nc(-n3nc(C)c(/N=N/c4c(C#N)cnn4-c4ccc(C(=O)O)c(C=O)c4)c3N)n2)c1N. The summed E-state index contributed by atoms with van der Waals surface area (Å²) in [6, 6.07) is 8.31. The highest BCUT2D eigenvalue weighted by molar-refractivity contribution is 6.02. The molecule has 62 heavy (non-hydrogen) atoms. The maximum atomic E-state index is 11.8. The lowest BCUT2D eigenvalue weighted by atomic mass is 10.1. The summed E-state index contributed by atoms with van der Waals surface area (Å²) in [6.07, 6.45) is 2.69. The number of carboxylic acid groups (broad SMARTS) is 3. The number of nitrogen functional groups attached to an aromatic ring is 2. The molecule has 27 heteroatoms. The number of azo groups is 2. The summed E-state index contributed by atoms with van der Waals surface area (Å²) >= 11 is 0. The van der Waals surface area contributed by atoms with Crippen LogP contribution in [-0.2, 0) is 0 Å². The van der Waals surface area contributed by atoms with Crippen molar-refractivity contribution in [3.05, 3.63) is 99.4 Å². The zero-order valence-corrected chi connectivity index (χ0v) is 31.4. The molecule has 0 amide bonds. The number of hydrogen-bond donors (Lipinski definition) is 6. The van der Waals surface area contributed by atoms with E-state index in [-0.39, 0.29) is 91.7 Å². The van der Waals surface area contributed by atoms with Crippen molar-refractivity contribution in [2.24, 2.45) is 20.5 Å². The highest BCUT2D eigenvalue weighted by Crippen LogP contribution is 2.36. The molecule has 2 aromatic carbocycles. The third-order valence-corrected chi connectivity index (χ3v) is 8.65. The van der Waals surface area contributed by atoms with Gasteiger partial charge in [-0.25, -0.2) is 28.6 Å². The first kappa shape index (κ1) is 40.2. The number of aromatic nitrogens is 11. The first-order valence-electron chi connectivity index (χ1n) is 17.0. The lowest BCUT2D eigenvalue weighted by Gasteiger charge is -2.08. The lowest BCUT2D eigenvalue weighted by molar-refractivity contribution is 0.0651. The fourth-order valence-electron chi connectivity index (χ4n) is 5.76. The molecule has 306 valence electrons. The summed E-state index contributed by atoms with van der Waals surface area (Å²) in [7, 11) is 0. The van der Waals surface area contributed by atoms with E-state index in [1.54, 1.807) is 0 Å². The van der Waals surface area contributed by atoms with E-state index in [2.05, 4.69) is 60.6 Å². The van der Waals surface area contributed by atoms with Gasteiger partial charge in [0.25, 0.3) is 17.6 Å². The molecule has 8 N–H and O–H groups in total. The molecule has 0 aliphatic heterocycles. The zero-order valence-electron chi connectivity index (χ0n) is 31.4. The standard InChI is InChI=1S/C35H23N19O8/c1-14-24(45-47-28-17(10-36)11-40-51(28)18-4-6-20(30(56)57)16(8-18)13-55)26(37)53(49-14)33-42-34(44-35(62)43-33)54-27(38)25(15(2)50-54)46-48-29-23(39-3)12-41-52(29)19-5-7-21(31(58)59)22(9-19)32(60)61/h4-9,11-13H,37-38H2,1-2H3,(H,56,57)(H,58,59)(H,60,61)(H,42,43,44,62)/b47-45+,48-46+. The number of aldehydes is 1. The van der Waals surface area contributed by atoms with Crippen molar-refractivity contribution in [3.8, 4) is 35.4 Å². The number of aromatic carboxylic acids is 3. The fraction of sp³-hybridized carbons (Fsp3) is 0.0571. The van der Waals surface area contributed by atoms with Crippen LogP contribution in [0.15, 0.2) is 69.2 Å². The first-order valence-corrected chi connectivity index (χ1v) is 17.0. The number of benzene rings is 2. The Kier molecular flexibility index (Phi) is 10.2. The van der Waals surface area contributed by atoms with Gasteiger partial charge in [-0.2, -0.15) is 50.0 Å². The van der Waals surface area contributed by atoms with Gasteiger partial charge in [-0.05, 0) is 50.2 Å². The Hall–Kier alpha value is -10.1. The topological polar surface area (TPSA) is 389 Å². The van der Waals surface area contributed by atoms with E-state index in [0.717, 1.165) is 37.1 Å². The van der Waals surface area contributed by atoms with E-state index >= 15 is 0 Å². The van der Waals surface area contributed by atoms with Crippen LogP contribution in [0.1, 0.15) is 58.4 Å². The molecule has 7 aromatic rings. The van der Waals surface area contributed by atoms with Crippen molar-refractivity contribution in [1.29, 1.82) is 5.26 Å². The molecule has 5 aromatic heterocycles. The minimum atomic E-state index is -1.51. The van der Waals surface area contributed by atoms with Gasteiger partial charge in [0.1, 0.15) is 11.6 Å². The van der Waals surface area contributed by atoms with Crippen LogP contribution in [0.2, 0.25) is 0 Å². The number of rotatable bonds is 12. The van der Waals surface area contributed by atoms with Crippen molar-refractivity contribution in [2.75, 3.05) is 11.5 Å². The van der Waals surface area contributed by atoms with Crippen LogP contribution >= 0.6 is 0 Å². The van der Waals surface area contributed by atoms with Crippen LogP contribution in [0.5, 0.6) is 6.01 Å². The van der Waals surface area contributed by atoms with Crippen LogP contribution in [-0.4, -0.2) is 98.7 Å². The van der Waals surface area contributed by atoms with E-state index < -0.39 is 35.0 Å². The maximum absolute atomic E-state index is 11.8. The Morgan fingerprint density at radius 2 is 1.26 bits per heavy atom. The number of nitriles is 1. The largest absolute Gasteiger partial charge is 0.479 e. The molecular formula is C35H23N19O8. The molecule has 0 aliphatic rings. The average molecular weight is 838 g/mol. The number of carbonyl (C=O) groups is 4. The molecule has 0 fully saturated rings. The van der Waals surface area contributed by atoms with Gasteiger partial charge in [0.2, 0.25) is 0 Å². The Bertz CT molecular complexity index is 3200. The summed E-state index contributed by atoms with van der Waals surface area (Å²) < 4.78 is 4.22. The van der Waals surface area contributed by atoms with E-state index in [9.17, 15) is 44.9 Å². The van der Waals surface area contributed by atoms with Crippen molar-refractivity contribution in [1.82, 2.24) is 54.1 Å². The molecule has 27 nitrogen and oxygen atoms in total. The minimum Gasteiger partial charge on any atom is -0.479 e. The Balaban J connectivity index is 1.22. The number of carboxylic acids is 3. The first-order chi connectivity index (χ1) is 29.6. The second-order valence-corrected chi connectivity index (χ2v) is 12.4. The molecular weight excluding hydrogens is 815 g/mol. The quantitative estimate of drug-likeness (QED) is 0.0568. The lowest BCUT2D eigenvalue weighted by Crippen LogP contribution is -2.13. The van der Waals surface area contributed by atoms with Gasteiger partial charge in [0, 0.05) is 5.56 Å². The van der Waals surface area contributed by atoms with Gasteiger partial charge in [0.05, 0.1) is 58.4 Å². The predicted molar refractivity (Wildman–Crippen MR) is 207 cm³/mol. The minimum absolute atomic E-state index is 0.0231. The molecule has 0 atom stereocenters. The van der Waals surface area contributed by atoms with Crippen molar-refractivity contribution in [2.45, 2.75) is 13.8 Å². The highest BCUT2D eigenvalue weighted by atomic mass is 16.4. The Morgan fingerprint density at radius 1 is 0.742 bits per heavy atom. The Morgan fingerprint density at radius 3 is 1.79 bits per heavy atom. The van der Waals surface area contributed by atoms with Crippen molar-refractivity contribution < 1.29 is 39.6 Å². The highest BCUT2D eigenvalue weighted by Gasteiger charge is 2.24. The average Bonchev–Trinajstić information content (AvgIpc) is 4.00. The number of carbonyl (C=O) groups excluding carboxylic acids is 1. The third kappa shape index (κ3) is 7.09. The summed E-state index contributed by atoms with van der Waals surface area (Å²) in [5, 5.41) is 82.2. The smallest absolute Gasteiger partial charge is 0.336 e. The van der Waals surface area contributed by atoms with Crippen LogP contribution < -0.4 is 11.5 Å². The molecule has 0 saturated carbocycles. The summed E-state index contributed by atoms with van der Waals surface area (Å²) in [4.78, 5) is 62.0. The molecule has 0 saturated heterocycles. The molecule has 0 unspecified atom stereocenters. The summed E-state index contributed by atoms with van der Waals surface area (Å²) in [5.74, 6) is -5.66. The monoisotopic (exact) mass is 837 g/mol. The van der Waals surface area contributed by atoms with E-state index in [4.69, 9.17) is 18.0 Å². The normalized spacial score (nSPS) is 11.2. The van der Waals surface area contributed by atoms with Crippen molar-refractivity contribution >= 4 is 64.5 Å². The van der Waals surface area contributed by atoms with Gasteiger partial charge in [-0.15, -0.1) is 20.5 Å². The van der Waals surface area contributed by atoms with Gasteiger partial charge >= 0.3 is 23.9 Å². The summed E-state index contributed by atoms with van der Waals surface area (Å²) in [5.41, 5.74) is 11.8. The molecule has 7 rings (SSSR count). The van der Waals surface area contributed by atoms with E-state index in [1.807, 2.05) is 6.07 Å². The third-order valence-electron chi connectivity index (χ3n) is 8.65. The molecule has 5 heterocycles. The molecule has 0 aliphatic carbocycles. The summed E-state index contributed by atoms with van der Waals surface area (Å²) in [6.45, 7) is 10.6. The van der Waals surface area contributed by atoms with Crippen LogP contribution in [0, 0.1) is 31.8 Å². The second kappa shape index (κ2) is 15.7. The van der Waals surface area contributed by atoms with Gasteiger partial charge in [0.15, 0.2) is 40.9 Å². The van der Waals surface area contributed by atoms with Crippen LogP contribution in [0.3, 0.4) is 0 Å². The number of anilines is 2. The predicted octanol–water partition coefficient (Wildman–Crippen LogP) is 4.26. The number of nitrogens with zero attached hydrogens (tertiary/aromatic N) is 17. The van der Waals surface area contributed by atoms with Crippen molar-refractivity contribution in [3.63, 3.8) is 0 Å². The number of nitrogens with two attached hydrogens (primary N) is 2. The van der Waals surface area contributed by atoms with Crippen LogP contribution in [0.25, 0.3) is 28.1 Å². The number of aryl methyl sites for hydroxylation is 2. The number of aromatic hydroxyl groups is 1. The zero-order chi connectivity index (χ0) is 44.6. The fourth-order valence-corrected chi connectivity index (χ4v) is 5.76. The number of hydrogen-bond acceptors (Lipinski definition) is 19. The van der Waals surface area contributed by atoms with E-state index in [1.165, 1.54) is 44.3 Å². The molecule has 0 bridgehead atoms. The molecule has 0 spiro atoms. The van der Waals surface area contributed by atoms with Crippen LogP contribution in [0.4, 0.5) is 40.3 Å². The maximum Gasteiger partial charge on any atom is 0.336 e. The van der Waals surface area contributed by atoms with E-state index in [0.29, 0.717) is 6.29 Å². The van der Waals surface area contributed by atoms with Gasteiger partial charge in [-0.3, -0.25) is 4.79 Å².